The minimum atomic E-state index is -4.38. The van der Waals surface area contributed by atoms with Crippen LogP contribution < -0.4 is 10.1 Å². The van der Waals surface area contributed by atoms with Crippen molar-refractivity contribution in [3.05, 3.63) is 65.2 Å². The zero-order chi connectivity index (χ0) is 21.6. The second kappa shape index (κ2) is 9.98. The number of methoxy groups -OCH3 is 1. The third kappa shape index (κ3) is 6.49. The topological polar surface area (TPSA) is 41.6 Å². The largest absolute Gasteiger partial charge is 0.497 e. The van der Waals surface area contributed by atoms with Crippen molar-refractivity contribution in [2.24, 2.45) is 0 Å². The summed E-state index contributed by atoms with van der Waals surface area (Å²) in [5.41, 5.74) is 0.942. The van der Waals surface area contributed by atoms with Gasteiger partial charge in [0.05, 0.1) is 19.1 Å². The van der Waals surface area contributed by atoms with E-state index in [1.165, 1.54) is 12.1 Å². The SMILES string of the molecule is COc1ccc(CC(CN2CCCC2)NC(=O)Cc2ccc(C(F)(F)F)cc2)cc1. The fraction of sp³-hybridized carbons (Fsp3) is 0.435. The molecule has 162 valence electrons. The molecule has 0 aliphatic carbocycles. The normalized spacial score (nSPS) is 15.7. The highest BCUT2D eigenvalue weighted by atomic mass is 19.4. The smallest absolute Gasteiger partial charge is 0.416 e. The van der Waals surface area contributed by atoms with Crippen molar-refractivity contribution >= 4 is 5.91 Å². The Bertz CT molecular complexity index is 814. The van der Waals surface area contributed by atoms with E-state index in [4.69, 9.17) is 4.74 Å². The number of likely N-dealkylation sites (tertiary alicyclic amines) is 1. The fourth-order valence-corrected chi connectivity index (χ4v) is 3.76. The van der Waals surface area contributed by atoms with Crippen LogP contribution in [0.15, 0.2) is 48.5 Å². The molecule has 2 aromatic rings. The van der Waals surface area contributed by atoms with Gasteiger partial charge in [-0.2, -0.15) is 13.2 Å². The maximum Gasteiger partial charge on any atom is 0.416 e. The van der Waals surface area contributed by atoms with Gasteiger partial charge in [0.25, 0.3) is 0 Å². The molecular weight excluding hydrogens is 393 g/mol. The Morgan fingerprint density at radius 2 is 1.63 bits per heavy atom. The number of halogens is 3. The van der Waals surface area contributed by atoms with E-state index < -0.39 is 11.7 Å². The molecule has 1 saturated heterocycles. The molecule has 30 heavy (non-hydrogen) atoms. The predicted molar refractivity (Wildman–Crippen MR) is 109 cm³/mol. The summed E-state index contributed by atoms with van der Waals surface area (Å²) in [6.07, 6.45) is -1.32. The number of amides is 1. The van der Waals surface area contributed by atoms with E-state index in [0.29, 0.717) is 12.0 Å². The number of carbonyl (C=O) groups is 1. The van der Waals surface area contributed by atoms with Gasteiger partial charge in [-0.05, 0) is 67.7 Å². The van der Waals surface area contributed by atoms with Crippen LogP contribution in [0, 0.1) is 0 Å². The minimum Gasteiger partial charge on any atom is -0.497 e. The standard InChI is InChI=1S/C23H27F3N2O2/c1-30-21-10-6-17(7-11-21)14-20(16-28-12-2-3-13-28)27-22(29)15-18-4-8-19(9-5-18)23(24,25)26/h4-11,20H,2-3,12-16H2,1H3,(H,27,29). The average molecular weight is 420 g/mol. The summed E-state index contributed by atoms with van der Waals surface area (Å²) in [6, 6.07) is 12.4. The van der Waals surface area contributed by atoms with E-state index in [9.17, 15) is 18.0 Å². The third-order valence-corrected chi connectivity index (χ3v) is 5.33. The van der Waals surface area contributed by atoms with Crippen molar-refractivity contribution in [2.75, 3.05) is 26.7 Å². The van der Waals surface area contributed by atoms with Crippen LogP contribution >= 0.6 is 0 Å². The van der Waals surface area contributed by atoms with E-state index in [1.807, 2.05) is 24.3 Å². The summed E-state index contributed by atoms with van der Waals surface area (Å²) in [5, 5.41) is 3.08. The molecule has 1 aliphatic rings. The molecular formula is C23H27F3N2O2. The maximum absolute atomic E-state index is 12.7. The molecule has 1 unspecified atom stereocenters. The monoisotopic (exact) mass is 420 g/mol. The van der Waals surface area contributed by atoms with Gasteiger partial charge >= 0.3 is 6.18 Å². The van der Waals surface area contributed by atoms with Crippen LogP contribution in [-0.4, -0.2) is 43.6 Å². The molecule has 7 heteroatoms. The predicted octanol–water partition coefficient (Wildman–Crippen LogP) is 4.08. The zero-order valence-corrected chi connectivity index (χ0v) is 17.0. The Balaban J connectivity index is 1.62. The van der Waals surface area contributed by atoms with Gasteiger partial charge in [0.2, 0.25) is 5.91 Å². The Kier molecular flexibility index (Phi) is 7.37. The first-order valence-electron chi connectivity index (χ1n) is 10.1. The number of nitrogens with zero attached hydrogens (tertiary/aromatic N) is 1. The van der Waals surface area contributed by atoms with Crippen molar-refractivity contribution in [1.82, 2.24) is 10.2 Å². The van der Waals surface area contributed by atoms with Gasteiger partial charge < -0.3 is 15.0 Å². The molecule has 1 aliphatic heterocycles. The third-order valence-electron chi connectivity index (χ3n) is 5.33. The van der Waals surface area contributed by atoms with Crippen LogP contribution in [0.4, 0.5) is 13.2 Å². The molecule has 0 bridgehead atoms. The van der Waals surface area contributed by atoms with Crippen LogP contribution in [0.3, 0.4) is 0 Å². The first kappa shape index (κ1) is 22.2. The van der Waals surface area contributed by atoms with Crippen molar-refractivity contribution in [3.63, 3.8) is 0 Å². The van der Waals surface area contributed by atoms with Crippen LogP contribution in [-0.2, 0) is 23.8 Å². The highest BCUT2D eigenvalue weighted by molar-refractivity contribution is 5.79. The van der Waals surface area contributed by atoms with Crippen molar-refractivity contribution in [3.8, 4) is 5.75 Å². The van der Waals surface area contributed by atoms with Gasteiger partial charge in [-0.1, -0.05) is 24.3 Å². The van der Waals surface area contributed by atoms with E-state index in [2.05, 4.69) is 10.2 Å². The number of benzene rings is 2. The number of rotatable bonds is 8. The van der Waals surface area contributed by atoms with Crippen molar-refractivity contribution in [2.45, 2.75) is 37.9 Å². The molecule has 2 aromatic carbocycles. The summed E-state index contributed by atoms with van der Waals surface area (Å²) in [7, 11) is 1.62. The van der Waals surface area contributed by atoms with Gasteiger partial charge in [-0.15, -0.1) is 0 Å². The number of ether oxygens (including phenoxy) is 1. The van der Waals surface area contributed by atoms with Crippen LogP contribution in [0.5, 0.6) is 5.75 Å². The lowest BCUT2D eigenvalue weighted by Gasteiger charge is -2.25. The van der Waals surface area contributed by atoms with E-state index in [-0.39, 0.29) is 18.4 Å². The molecule has 0 radical (unpaired) electrons. The second-order valence-electron chi connectivity index (χ2n) is 7.70. The lowest BCUT2D eigenvalue weighted by atomic mass is 10.0. The summed E-state index contributed by atoms with van der Waals surface area (Å²) in [5.74, 6) is 0.591. The number of hydrogen-bond donors (Lipinski definition) is 1. The van der Waals surface area contributed by atoms with Gasteiger partial charge in [-0.3, -0.25) is 4.79 Å². The molecule has 4 nitrogen and oxygen atoms in total. The Hall–Kier alpha value is -2.54. The highest BCUT2D eigenvalue weighted by Crippen LogP contribution is 2.29. The van der Waals surface area contributed by atoms with Crippen molar-refractivity contribution < 1.29 is 22.7 Å². The first-order valence-corrected chi connectivity index (χ1v) is 10.1. The van der Waals surface area contributed by atoms with Crippen LogP contribution in [0.1, 0.15) is 29.5 Å². The summed E-state index contributed by atoms with van der Waals surface area (Å²) >= 11 is 0. The first-order chi connectivity index (χ1) is 14.3. The Morgan fingerprint density at radius 1 is 1.03 bits per heavy atom. The summed E-state index contributed by atoms with van der Waals surface area (Å²) in [6.45, 7) is 2.80. The van der Waals surface area contributed by atoms with Gasteiger partial charge in [0.1, 0.15) is 5.75 Å². The summed E-state index contributed by atoms with van der Waals surface area (Å²) < 4.78 is 43.3. The number of nitrogens with one attached hydrogen (secondary N) is 1. The fourth-order valence-electron chi connectivity index (χ4n) is 3.76. The molecule has 0 saturated carbocycles. The maximum atomic E-state index is 12.7. The zero-order valence-electron chi connectivity index (χ0n) is 17.0. The Morgan fingerprint density at radius 3 is 2.20 bits per heavy atom. The molecule has 0 aromatic heterocycles. The quantitative estimate of drug-likeness (QED) is 0.700. The molecule has 1 fully saturated rings. The van der Waals surface area contributed by atoms with Crippen LogP contribution in [0.25, 0.3) is 0 Å². The van der Waals surface area contributed by atoms with Gasteiger partial charge in [0, 0.05) is 12.6 Å². The number of alkyl halides is 3. The summed E-state index contributed by atoms with van der Waals surface area (Å²) in [4.78, 5) is 14.9. The van der Waals surface area contributed by atoms with Crippen LogP contribution in [0.2, 0.25) is 0 Å². The molecule has 1 N–H and O–H groups in total. The number of hydrogen-bond acceptors (Lipinski definition) is 3. The second-order valence-corrected chi connectivity index (χ2v) is 7.70. The lowest BCUT2D eigenvalue weighted by Crippen LogP contribution is -2.45. The van der Waals surface area contributed by atoms with E-state index >= 15 is 0 Å². The molecule has 0 spiro atoms. The van der Waals surface area contributed by atoms with E-state index in [1.54, 1.807) is 7.11 Å². The van der Waals surface area contributed by atoms with Gasteiger partial charge in [-0.25, -0.2) is 0 Å². The molecule has 1 atom stereocenters. The lowest BCUT2D eigenvalue weighted by molar-refractivity contribution is -0.137. The Labute approximate surface area is 175 Å². The molecule has 1 heterocycles. The van der Waals surface area contributed by atoms with Crippen molar-refractivity contribution in [1.29, 1.82) is 0 Å². The molecule has 1 amide bonds. The molecule has 3 rings (SSSR count). The average Bonchev–Trinajstić information content (AvgIpc) is 3.21. The highest BCUT2D eigenvalue weighted by Gasteiger charge is 2.30. The van der Waals surface area contributed by atoms with E-state index in [0.717, 1.165) is 55.9 Å². The number of carbonyl (C=O) groups excluding carboxylic acids is 1. The minimum absolute atomic E-state index is 0.0528. The van der Waals surface area contributed by atoms with Gasteiger partial charge in [0.15, 0.2) is 0 Å².